The van der Waals surface area contributed by atoms with E-state index in [9.17, 15) is 4.79 Å². The van der Waals surface area contributed by atoms with Gasteiger partial charge in [0.05, 0.1) is 22.1 Å². The topological polar surface area (TPSA) is 97.9 Å². The van der Waals surface area contributed by atoms with Crippen LogP contribution in [0.15, 0.2) is 47.4 Å². The average molecular weight is 433 g/mol. The number of amides is 1. The second-order valence-corrected chi connectivity index (χ2v) is 8.37. The highest BCUT2D eigenvalue weighted by molar-refractivity contribution is 7.23. The fraction of sp³-hybridized carbons (Fsp3) is 0.182. The van der Waals surface area contributed by atoms with Crippen molar-refractivity contribution in [2.75, 3.05) is 12.4 Å². The molecule has 0 saturated heterocycles. The Morgan fingerprint density at radius 1 is 1.29 bits per heavy atom. The molecule has 0 aliphatic carbocycles. The van der Waals surface area contributed by atoms with Crippen LogP contribution in [0, 0.1) is 6.92 Å². The third-order valence-electron chi connectivity index (χ3n) is 5.18. The second kappa shape index (κ2) is 7.51. The molecule has 0 aliphatic heterocycles. The number of fused-ring (bicyclic) bond motifs is 3. The predicted molar refractivity (Wildman–Crippen MR) is 121 cm³/mol. The summed E-state index contributed by atoms with van der Waals surface area (Å²) in [6.45, 7) is 2.19. The molecule has 0 atom stereocenters. The highest BCUT2D eigenvalue weighted by Gasteiger charge is 2.16. The Bertz CT molecular complexity index is 1430. The number of aromatic nitrogens is 4. The first-order chi connectivity index (χ1) is 15.0. The van der Waals surface area contributed by atoms with Gasteiger partial charge in [0, 0.05) is 31.1 Å². The first-order valence-electron chi connectivity index (χ1n) is 9.76. The van der Waals surface area contributed by atoms with Crippen LogP contribution in [-0.4, -0.2) is 32.6 Å². The van der Waals surface area contributed by atoms with Gasteiger partial charge in [-0.1, -0.05) is 23.4 Å². The van der Waals surface area contributed by atoms with E-state index in [1.165, 1.54) is 6.26 Å². The van der Waals surface area contributed by atoms with Crippen LogP contribution in [-0.2, 0) is 13.6 Å². The Morgan fingerprint density at radius 2 is 2.16 bits per heavy atom. The molecular weight excluding hydrogens is 412 g/mol. The van der Waals surface area contributed by atoms with Gasteiger partial charge in [-0.05, 0) is 30.2 Å². The quantitative estimate of drug-likeness (QED) is 0.434. The zero-order valence-corrected chi connectivity index (χ0v) is 18.1. The van der Waals surface area contributed by atoms with E-state index in [-0.39, 0.29) is 5.91 Å². The minimum atomic E-state index is -0.249. The van der Waals surface area contributed by atoms with E-state index in [0.29, 0.717) is 17.8 Å². The maximum absolute atomic E-state index is 12.3. The molecule has 9 heteroatoms. The summed E-state index contributed by atoms with van der Waals surface area (Å²) in [4.78, 5) is 22.7. The lowest BCUT2D eigenvalue weighted by molar-refractivity contribution is 0.0941. The second-order valence-electron chi connectivity index (χ2n) is 7.32. The van der Waals surface area contributed by atoms with E-state index in [2.05, 4.69) is 39.0 Å². The summed E-state index contributed by atoms with van der Waals surface area (Å²) in [7, 11) is 3.85. The number of nitrogens with one attached hydrogen (secondary N) is 2. The van der Waals surface area contributed by atoms with Gasteiger partial charge in [-0.3, -0.25) is 4.79 Å². The van der Waals surface area contributed by atoms with Gasteiger partial charge < -0.3 is 19.7 Å². The first kappa shape index (κ1) is 19.3. The number of rotatable bonds is 5. The van der Waals surface area contributed by atoms with Crippen LogP contribution in [0.1, 0.15) is 21.6 Å². The molecule has 0 radical (unpaired) electrons. The number of hydrogen-bond donors (Lipinski definition) is 2. The highest BCUT2D eigenvalue weighted by atomic mass is 32.1. The van der Waals surface area contributed by atoms with Crippen molar-refractivity contribution in [2.45, 2.75) is 13.5 Å². The van der Waals surface area contributed by atoms with E-state index in [1.54, 1.807) is 18.3 Å². The largest absolute Gasteiger partial charge is 0.371 e. The van der Waals surface area contributed by atoms with Crippen molar-refractivity contribution < 1.29 is 9.32 Å². The Balaban J connectivity index is 1.47. The number of imidazole rings is 1. The van der Waals surface area contributed by atoms with Crippen LogP contribution in [0.5, 0.6) is 0 Å². The van der Waals surface area contributed by atoms with Crippen molar-refractivity contribution in [3.05, 3.63) is 59.7 Å². The molecule has 2 N–H and O–H groups in total. The number of nitrogens with zero attached hydrogens (tertiary/aromatic N) is 4. The third kappa shape index (κ3) is 3.32. The lowest BCUT2D eigenvalue weighted by atomic mass is 10.1. The Hall–Kier alpha value is -3.72. The smallest absolute Gasteiger partial charge is 0.274 e. The zero-order valence-electron chi connectivity index (χ0n) is 17.3. The monoisotopic (exact) mass is 432 g/mol. The van der Waals surface area contributed by atoms with E-state index in [4.69, 9.17) is 9.51 Å². The predicted octanol–water partition coefficient (Wildman–Crippen LogP) is 4.12. The zero-order chi connectivity index (χ0) is 21.5. The molecule has 5 rings (SSSR count). The maximum Gasteiger partial charge on any atom is 0.274 e. The molecule has 0 spiro atoms. The minimum absolute atomic E-state index is 0.249. The van der Waals surface area contributed by atoms with Crippen LogP contribution in [0.4, 0.5) is 5.82 Å². The van der Waals surface area contributed by atoms with Crippen LogP contribution < -0.4 is 10.6 Å². The molecule has 31 heavy (non-hydrogen) atoms. The van der Waals surface area contributed by atoms with Gasteiger partial charge in [-0.2, -0.15) is 0 Å². The van der Waals surface area contributed by atoms with Gasteiger partial charge in [0.2, 0.25) is 0 Å². The number of hydrogen-bond acceptors (Lipinski definition) is 7. The number of anilines is 1. The van der Waals surface area contributed by atoms with Crippen LogP contribution in [0.2, 0.25) is 0 Å². The number of benzene rings is 1. The normalized spacial score (nSPS) is 11.3. The van der Waals surface area contributed by atoms with Crippen molar-refractivity contribution in [2.24, 2.45) is 7.05 Å². The Kier molecular flexibility index (Phi) is 4.67. The van der Waals surface area contributed by atoms with Crippen molar-refractivity contribution >= 4 is 44.3 Å². The Labute approximate surface area is 181 Å². The standard InChI is InChI=1S/C22H20N6O2S/c1-12-10-30-27-17(12)22(29)24-9-13-5-4-6-14(7-13)16-8-15-20(31-16)19-18(21(23-2)26-15)25-11-28(19)3/h4-8,10-11H,9H2,1-3H3,(H,23,26)(H,24,29). The Morgan fingerprint density at radius 3 is 2.94 bits per heavy atom. The molecule has 8 nitrogen and oxygen atoms in total. The summed E-state index contributed by atoms with van der Waals surface area (Å²) < 4.78 is 7.97. The van der Waals surface area contributed by atoms with Crippen molar-refractivity contribution in [1.29, 1.82) is 0 Å². The lowest BCUT2D eigenvalue weighted by Crippen LogP contribution is -2.23. The number of carbonyl (C=O) groups is 1. The maximum atomic E-state index is 12.3. The van der Waals surface area contributed by atoms with E-state index < -0.39 is 0 Å². The SMILES string of the molecule is CNc1nc2cc(-c3cccc(CNC(=O)c4nocc4C)c3)sc2c2c1ncn2C. The van der Waals surface area contributed by atoms with Crippen molar-refractivity contribution in [3.8, 4) is 10.4 Å². The van der Waals surface area contributed by atoms with Gasteiger partial charge in [-0.15, -0.1) is 11.3 Å². The van der Waals surface area contributed by atoms with Gasteiger partial charge in [0.1, 0.15) is 11.8 Å². The molecule has 4 heterocycles. The summed E-state index contributed by atoms with van der Waals surface area (Å²) in [5.74, 6) is 0.521. The summed E-state index contributed by atoms with van der Waals surface area (Å²) >= 11 is 1.69. The van der Waals surface area contributed by atoms with Crippen molar-refractivity contribution in [1.82, 2.24) is 25.0 Å². The molecule has 0 unspecified atom stereocenters. The summed E-state index contributed by atoms with van der Waals surface area (Å²) in [6, 6.07) is 10.2. The third-order valence-corrected chi connectivity index (χ3v) is 6.36. The summed E-state index contributed by atoms with van der Waals surface area (Å²) in [5.41, 5.74) is 5.97. The van der Waals surface area contributed by atoms with E-state index in [1.807, 2.05) is 37.1 Å². The summed E-state index contributed by atoms with van der Waals surface area (Å²) in [5, 5.41) is 9.80. The molecule has 0 fully saturated rings. The fourth-order valence-corrected chi connectivity index (χ4v) is 4.78. The molecule has 0 saturated carbocycles. The highest BCUT2D eigenvalue weighted by Crippen LogP contribution is 2.38. The molecular formula is C22H20N6O2S. The molecule has 4 aromatic heterocycles. The van der Waals surface area contributed by atoms with Crippen LogP contribution in [0.3, 0.4) is 0 Å². The van der Waals surface area contributed by atoms with Gasteiger partial charge in [-0.25, -0.2) is 9.97 Å². The molecule has 5 aromatic rings. The van der Waals surface area contributed by atoms with Gasteiger partial charge >= 0.3 is 0 Å². The minimum Gasteiger partial charge on any atom is -0.371 e. The van der Waals surface area contributed by atoms with Gasteiger partial charge in [0.15, 0.2) is 11.5 Å². The van der Waals surface area contributed by atoms with Crippen molar-refractivity contribution in [3.63, 3.8) is 0 Å². The number of carbonyl (C=O) groups excluding carboxylic acids is 1. The van der Waals surface area contributed by atoms with E-state index >= 15 is 0 Å². The molecule has 156 valence electrons. The number of pyridine rings is 1. The van der Waals surface area contributed by atoms with E-state index in [0.717, 1.165) is 43.1 Å². The van der Waals surface area contributed by atoms with Crippen LogP contribution in [0.25, 0.3) is 31.7 Å². The number of aryl methyl sites for hydroxylation is 2. The number of thiophene rings is 1. The van der Waals surface area contributed by atoms with Crippen LogP contribution >= 0.6 is 11.3 Å². The summed E-state index contributed by atoms with van der Waals surface area (Å²) in [6.07, 6.45) is 3.27. The van der Waals surface area contributed by atoms with Gasteiger partial charge in [0.25, 0.3) is 5.91 Å². The molecule has 0 aliphatic rings. The lowest BCUT2D eigenvalue weighted by Gasteiger charge is -2.06. The molecule has 1 amide bonds. The average Bonchev–Trinajstić information content (AvgIpc) is 3.49. The fourth-order valence-electron chi connectivity index (χ4n) is 3.60. The first-order valence-corrected chi connectivity index (χ1v) is 10.6. The molecule has 1 aromatic carbocycles. The molecule has 0 bridgehead atoms.